The van der Waals surface area contributed by atoms with Crippen molar-refractivity contribution < 1.29 is 9.47 Å². The second-order valence-corrected chi connectivity index (χ2v) is 5.55. The fraction of sp³-hybridized carbons (Fsp3) is 0.647. The van der Waals surface area contributed by atoms with Crippen molar-refractivity contribution in [1.82, 2.24) is 5.32 Å². The Balaban J connectivity index is 2.29. The molecule has 0 spiro atoms. The first-order valence-electron chi connectivity index (χ1n) is 7.74. The molecule has 1 saturated carbocycles. The van der Waals surface area contributed by atoms with Gasteiger partial charge in [0, 0.05) is 12.1 Å². The van der Waals surface area contributed by atoms with Crippen molar-refractivity contribution in [3.63, 3.8) is 0 Å². The summed E-state index contributed by atoms with van der Waals surface area (Å²) in [7, 11) is 3.43. The number of hydrogen-bond donors (Lipinski definition) is 1. The van der Waals surface area contributed by atoms with Crippen LogP contribution in [0.2, 0.25) is 0 Å². The van der Waals surface area contributed by atoms with Crippen LogP contribution < -0.4 is 14.8 Å². The van der Waals surface area contributed by atoms with Gasteiger partial charge >= 0.3 is 0 Å². The van der Waals surface area contributed by atoms with Crippen LogP contribution >= 0.6 is 0 Å². The molecule has 1 fully saturated rings. The number of hydrogen-bond acceptors (Lipinski definition) is 3. The number of ether oxygens (including phenoxy) is 2. The Morgan fingerprint density at radius 2 is 1.65 bits per heavy atom. The predicted octanol–water partition coefficient (Wildman–Crippen LogP) is 3.73. The van der Waals surface area contributed by atoms with Crippen LogP contribution in [0.25, 0.3) is 0 Å². The minimum Gasteiger partial charge on any atom is -0.497 e. The van der Waals surface area contributed by atoms with Crippen molar-refractivity contribution in [2.75, 3.05) is 20.8 Å². The fourth-order valence-electron chi connectivity index (χ4n) is 3.26. The molecule has 3 nitrogen and oxygen atoms in total. The SMILES string of the molecule is CCNC1CCCCCC1c1cc(OC)cc(OC)c1. The van der Waals surface area contributed by atoms with Gasteiger partial charge in [0.05, 0.1) is 14.2 Å². The highest BCUT2D eigenvalue weighted by Gasteiger charge is 2.25. The molecule has 1 N–H and O–H groups in total. The largest absolute Gasteiger partial charge is 0.497 e. The zero-order valence-electron chi connectivity index (χ0n) is 12.9. The highest BCUT2D eigenvalue weighted by Crippen LogP contribution is 2.35. The lowest BCUT2D eigenvalue weighted by atomic mass is 9.87. The zero-order chi connectivity index (χ0) is 14.4. The average molecular weight is 277 g/mol. The molecule has 1 aromatic rings. The molecule has 1 aliphatic rings. The summed E-state index contributed by atoms with van der Waals surface area (Å²) in [6.45, 7) is 3.22. The molecule has 112 valence electrons. The molecule has 0 aliphatic heterocycles. The van der Waals surface area contributed by atoms with Crippen LogP contribution in [0.4, 0.5) is 0 Å². The van der Waals surface area contributed by atoms with Crippen molar-refractivity contribution in [2.24, 2.45) is 0 Å². The molecule has 0 bridgehead atoms. The van der Waals surface area contributed by atoms with Gasteiger partial charge in [-0.25, -0.2) is 0 Å². The van der Waals surface area contributed by atoms with Crippen LogP contribution in [0.1, 0.15) is 50.5 Å². The van der Waals surface area contributed by atoms with Gasteiger partial charge < -0.3 is 14.8 Å². The Morgan fingerprint density at radius 1 is 1.00 bits per heavy atom. The van der Waals surface area contributed by atoms with Crippen LogP contribution in [0.15, 0.2) is 18.2 Å². The van der Waals surface area contributed by atoms with E-state index < -0.39 is 0 Å². The van der Waals surface area contributed by atoms with Gasteiger partial charge in [-0.2, -0.15) is 0 Å². The molecule has 3 heteroatoms. The topological polar surface area (TPSA) is 30.5 Å². The fourth-order valence-corrected chi connectivity index (χ4v) is 3.26. The molecule has 2 unspecified atom stereocenters. The monoisotopic (exact) mass is 277 g/mol. The first-order valence-corrected chi connectivity index (χ1v) is 7.74. The first-order chi connectivity index (χ1) is 9.78. The number of likely N-dealkylation sites (N-methyl/N-ethyl adjacent to an activating group) is 1. The maximum absolute atomic E-state index is 5.41. The van der Waals surface area contributed by atoms with Gasteiger partial charge in [0.15, 0.2) is 0 Å². The molecule has 1 aliphatic carbocycles. The number of rotatable bonds is 5. The second-order valence-electron chi connectivity index (χ2n) is 5.55. The number of methoxy groups -OCH3 is 2. The smallest absolute Gasteiger partial charge is 0.122 e. The maximum Gasteiger partial charge on any atom is 0.122 e. The van der Waals surface area contributed by atoms with Crippen molar-refractivity contribution in [2.45, 2.75) is 51.0 Å². The van der Waals surface area contributed by atoms with E-state index in [1.165, 1.54) is 37.7 Å². The molecule has 0 saturated heterocycles. The minimum atomic E-state index is 0.557. The molecular formula is C17H27NO2. The normalized spacial score (nSPS) is 23.1. The van der Waals surface area contributed by atoms with E-state index in [4.69, 9.17) is 9.47 Å². The Kier molecular flexibility index (Phi) is 5.72. The average Bonchev–Trinajstić information content (AvgIpc) is 2.72. The highest BCUT2D eigenvalue weighted by molar-refractivity contribution is 5.40. The summed E-state index contributed by atoms with van der Waals surface area (Å²) in [5.41, 5.74) is 1.34. The van der Waals surface area contributed by atoms with E-state index >= 15 is 0 Å². The van der Waals surface area contributed by atoms with Gasteiger partial charge in [0.1, 0.15) is 11.5 Å². The molecular weight excluding hydrogens is 250 g/mol. The summed E-state index contributed by atoms with van der Waals surface area (Å²) in [5, 5.41) is 3.67. The molecule has 0 heterocycles. The number of nitrogens with one attached hydrogen (secondary N) is 1. The lowest BCUT2D eigenvalue weighted by Crippen LogP contribution is -2.34. The summed E-state index contributed by atoms with van der Waals surface area (Å²) < 4.78 is 10.8. The van der Waals surface area contributed by atoms with Crippen LogP contribution in [0, 0.1) is 0 Å². The molecule has 20 heavy (non-hydrogen) atoms. The Morgan fingerprint density at radius 3 is 2.25 bits per heavy atom. The third-order valence-electron chi connectivity index (χ3n) is 4.28. The van der Waals surface area contributed by atoms with Crippen LogP contribution in [0.5, 0.6) is 11.5 Å². The molecule has 1 aromatic carbocycles. The van der Waals surface area contributed by atoms with Gasteiger partial charge in [0.2, 0.25) is 0 Å². The third-order valence-corrected chi connectivity index (χ3v) is 4.28. The quantitative estimate of drug-likeness (QED) is 0.832. The molecule has 0 amide bonds. The van der Waals surface area contributed by atoms with Crippen LogP contribution in [-0.2, 0) is 0 Å². The molecule has 0 aromatic heterocycles. The van der Waals surface area contributed by atoms with Gasteiger partial charge in [-0.05, 0) is 43.0 Å². The lowest BCUT2D eigenvalue weighted by Gasteiger charge is -2.27. The van der Waals surface area contributed by atoms with Crippen molar-refractivity contribution in [1.29, 1.82) is 0 Å². The van der Waals surface area contributed by atoms with E-state index in [0.29, 0.717) is 12.0 Å². The molecule has 0 radical (unpaired) electrons. The Bertz CT molecular complexity index is 397. The zero-order valence-corrected chi connectivity index (χ0v) is 12.9. The van der Waals surface area contributed by atoms with Gasteiger partial charge in [-0.3, -0.25) is 0 Å². The summed E-state index contributed by atoms with van der Waals surface area (Å²) >= 11 is 0. The molecule has 2 rings (SSSR count). The minimum absolute atomic E-state index is 0.557. The van der Waals surface area contributed by atoms with E-state index in [0.717, 1.165) is 18.0 Å². The van der Waals surface area contributed by atoms with Gasteiger partial charge in [-0.1, -0.05) is 26.2 Å². The summed E-state index contributed by atoms with van der Waals surface area (Å²) in [4.78, 5) is 0. The van der Waals surface area contributed by atoms with Gasteiger partial charge in [0.25, 0.3) is 0 Å². The first kappa shape index (κ1) is 15.2. The third kappa shape index (κ3) is 3.66. The number of benzene rings is 1. The molecule has 2 atom stereocenters. The van der Waals surface area contributed by atoms with Crippen molar-refractivity contribution in [3.05, 3.63) is 23.8 Å². The summed E-state index contributed by atoms with van der Waals surface area (Å²) in [5.74, 6) is 2.33. The van der Waals surface area contributed by atoms with E-state index in [-0.39, 0.29) is 0 Å². The van der Waals surface area contributed by atoms with E-state index in [1.54, 1.807) is 14.2 Å². The Hall–Kier alpha value is -1.22. The van der Waals surface area contributed by atoms with Gasteiger partial charge in [-0.15, -0.1) is 0 Å². The van der Waals surface area contributed by atoms with Crippen molar-refractivity contribution in [3.8, 4) is 11.5 Å². The van der Waals surface area contributed by atoms with Crippen LogP contribution in [0.3, 0.4) is 0 Å². The maximum atomic E-state index is 5.41. The predicted molar refractivity (Wildman–Crippen MR) is 82.8 cm³/mol. The Labute approximate surface area is 122 Å². The van der Waals surface area contributed by atoms with E-state index in [1.807, 2.05) is 6.07 Å². The summed E-state index contributed by atoms with van der Waals surface area (Å²) in [6, 6.07) is 6.85. The van der Waals surface area contributed by atoms with E-state index in [2.05, 4.69) is 24.4 Å². The second kappa shape index (κ2) is 7.53. The van der Waals surface area contributed by atoms with Crippen molar-refractivity contribution >= 4 is 0 Å². The highest BCUT2D eigenvalue weighted by atomic mass is 16.5. The van der Waals surface area contributed by atoms with Crippen LogP contribution in [-0.4, -0.2) is 26.8 Å². The standard InChI is InChI=1S/C17H27NO2/c1-4-18-17-9-7-5-6-8-16(17)13-10-14(19-2)12-15(11-13)20-3/h10-12,16-18H,4-9H2,1-3H3. The van der Waals surface area contributed by atoms with E-state index in [9.17, 15) is 0 Å². The lowest BCUT2D eigenvalue weighted by molar-refractivity contribution is 0.386. The summed E-state index contributed by atoms with van der Waals surface area (Å²) in [6.07, 6.45) is 6.49.